The van der Waals surface area contributed by atoms with Gasteiger partial charge in [-0.05, 0) is 55.6 Å². The van der Waals surface area contributed by atoms with Crippen molar-refractivity contribution in [3.8, 4) is 5.75 Å². The first kappa shape index (κ1) is 17.3. The first-order valence-corrected chi connectivity index (χ1v) is 9.94. The molecule has 4 nitrogen and oxygen atoms in total. The fourth-order valence-electron chi connectivity index (χ4n) is 3.70. The van der Waals surface area contributed by atoms with E-state index in [1.807, 2.05) is 22.2 Å². The monoisotopic (exact) mass is 368 g/mol. The van der Waals surface area contributed by atoms with Crippen molar-refractivity contribution in [2.75, 3.05) is 20.2 Å². The molecule has 0 radical (unpaired) electrons. The zero-order chi connectivity index (χ0) is 17.9. The molecule has 2 aromatic carbocycles. The molecule has 1 fully saturated rings. The molecule has 3 aromatic rings. The predicted molar refractivity (Wildman–Crippen MR) is 107 cm³/mol. The second kappa shape index (κ2) is 7.64. The summed E-state index contributed by atoms with van der Waals surface area (Å²) in [4.78, 5) is 15.2. The number of benzene rings is 2. The Morgan fingerprint density at radius 2 is 1.88 bits per heavy atom. The lowest BCUT2D eigenvalue weighted by Crippen LogP contribution is -2.35. The minimum Gasteiger partial charge on any atom is -0.497 e. The van der Waals surface area contributed by atoms with Gasteiger partial charge in [-0.3, -0.25) is 13.7 Å². The van der Waals surface area contributed by atoms with Crippen molar-refractivity contribution in [3.05, 3.63) is 64.4 Å². The van der Waals surface area contributed by atoms with E-state index in [4.69, 9.17) is 4.74 Å². The summed E-state index contributed by atoms with van der Waals surface area (Å²) in [6.45, 7) is 4.07. The zero-order valence-electron chi connectivity index (χ0n) is 15.1. The van der Waals surface area contributed by atoms with Gasteiger partial charge in [-0.1, -0.05) is 41.9 Å². The van der Waals surface area contributed by atoms with Gasteiger partial charge in [0, 0.05) is 13.1 Å². The van der Waals surface area contributed by atoms with Crippen LogP contribution >= 0.6 is 11.5 Å². The fraction of sp³-hybridized carbons (Fsp3) is 0.381. The van der Waals surface area contributed by atoms with Gasteiger partial charge in [0.1, 0.15) is 5.75 Å². The Morgan fingerprint density at radius 1 is 1.12 bits per heavy atom. The molecule has 0 spiro atoms. The normalized spacial score (nSPS) is 16.2. The third kappa shape index (κ3) is 3.69. The average molecular weight is 369 g/mol. The van der Waals surface area contributed by atoms with Gasteiger partial charge in [-0.2, -0.15) is 0 Å². The lowest BCUT2D eigenvalue weighted by Gasteiger charge is -2.31. The maximum absolute atomic E-state index is 12.7. The van der Waals surface area contributed by atoms with Crippen molar-refractivity contribution in [3.63, 3.8) is 0 Å². The van der Waals surface area contributed by atoms with Crippen LogP contribution in [-0.4, -0.2) is 29.1 Å². The van der Waals surface area contributed by atoms with Crippen LogP contribution in [0.15, 0.2) is 53.3 Å². The topological polar surface area (TPSA) is 34.5 Å². The molecule has 136 valence electrons. The Hall–Kier alpha value is -2.11. The van der Waals surface area contributed by atoms with Crippen LogP contribution in [0.5, 0.6) is 5.75 Å². The van der Waals surface area contributed by atoms with E-state index in [2.05, 4.69) is 35.2 Å². The van der Waals surface area contributed by atoms with Gasteiger partial charge >= 0.3 is 0 Å². The number of aromatic nitrogens is 1. The molecule has 0 bridgehead atoms. The molecule has 0 aliphatic carbocycles. The number of likely N-dealkylation sites (tertiary alicyclic amines) is 1. The molecular weight excluding hydrogens is 344 g/mol. The molecule has 5 heteroatoms. The fourth-order valence-corrected chi connectivity index (χ4v) is 4.78. The van der Waals surface area contributed by atoms with Crippen molar-refractivity contribution in [2.24, 2.45) is 5.92 Å². The van der Waals surface area contributed by atoms with Gasteiger partial charge in [0.25, 0.3) is 5.56 Å². The van der Waals surface area contributed by atoms with Crippen LogP contribution in [0.3, 0.4) is 0 Å². The van der Waals surface area contributed by atoms with E-state index in [0.29, 0.717) is 5.92 Å². The van der Waals surface area contributed by atoms with E-state index in [1.54, 1.807) is 18.6 Å². The molecular formula is C21H24N2O2S. The molecule has 0 atom stereocenters. The number of ether oxygens (including phenoxy) is 1. The maximum atomic E-state index is 12.7. The predicted octanol–water partition coefficient (Wildman–Crippen LogP) is 3.98. The number of nitrogens with zero attached hydrogens (tertiary/aromatic N) is 2. The summed E-state index contributed by atoms with van der Waals surface area (Å²) in [5, 5.41) is 0.774. The highest BCUT2D eigenvalue weighted by atomic mass is 32.1. The van der Waals surface area contributed by atoms with E-state index in [9.17, 15) is 4.79 Å². The van der Waals surface area contributed by atoms with Crippen molar-refractivity contribution in [1.29, 1.82) is 0 Å². The van der Waals surface area contributed by atoms with Crippen molar-refractivity contribution >= 4 is 21.6 Å². The van der Waals surface area contributed by atoms with E-state index in [1.165, 1.54) is 5.56 Å². The van der Waals surface area contributed by atoms with E-state index >= 15 is 0 Å². The zero-order valence-corrected chi connectivity index (χ0v) is 15.9. The van der Waals surface area contributed by atoms with E-state index < -0.39 is 0 Å². The highest BCUT2D eigenvalue weighted by Gasteiger charge is 2.21. The standard InChI is InChI=1S/C21H24N2O2S/c1-25-18-7-8-20-19(13-18)21(24)23(26-20)15-17-9-11-22(12-10-17)14-16-5-3-2-4-6-16/h2-8,13,17H,9-12,14-15H2,1H3. The van der Waals surface area contributed by atoms with Crippen LogP contribution in [-0.2, 0) is 13.1 Å². The van der Waals surface area contributed by atoms with Gasteiger partial charge in [0.15, 0.2) is 0 Å². The Kier molecular flexibility index (Phi) is 5.09. The lowest BCUT2D eigenvalue weighted by atomic mass is 9.96. The summed E-state index contributed by atoms with van der Waals surface area (Å²) in [6.07, 6.45) is 2.30. The smallest absolute Gasteiger partial charge is 0.268 e. The number of piperidine rings is 1. The van der Waals surface area contributed by atoms with Gasteiger partial charge < -0.3 is 4.74 Å². The summed E-state index contributed by atoms with van der Waals surface area (Å²) in [6, 6.07) is 16.4. The summed E-state index contributed by atoms with van der Waals surface area (Å²) < 4.78 is 8.22. The number of methoxy groups -OCH3 is 1. The maximum Gasteiger partial charge on any atom is 0.268 e. The summed E-state index contributed by atoms with van der Waals surface area (Å²) in [5.41, 5.74) is 1.50. The van der Waals surface area contributed by atoms with Crippen LogP contribution < -0.4 is 10.3 Å². The molecule has 0 amide bonds. The van der Waals surface area contributed by atoms with Crippen LogP contribution in [0.4, 0.5) is 0 Å². The Morgan fingerprint density at radius 3 is 2.62 bits per heavy atom. The molecule has 4 rings (SSSR count). The minimum atomic E-state index is 0.121. The van der Waals surface area contributed by atoms with Gasteiger partial charge in [-0.25, -0.2) is 0 Å². The first-order valence-electron chi connectivity index (χ1n) is 9.17. The number of hydrogen-bond acceptors (Lipinski definition) is 4. The molecule has 0 unspecified atom stereocenters. The third-order valence-electron chi connectivity index (χ3n) is 5.23. The van der Waals surface area contributed by atoms with Crippen molar-refractivity contribution < 1.29 is 4.74 Å². The minimum absolute atomic E-state index is 0.121. The molecule has 0 saturated carbocycles. The SMILES string of the molecule is COc1ccc2sn(CC3CCN(Cc4ccccc4)CC3)c(=O)c2c1. The average Bonchev–Trinajstić information content (AvgIpc) is 2.99. The Labute approximate surface area is 157 Å². The van der Waals surface area contributed by atoms with Crippen LogP contribution in [0.25, 0.3) is 10.1 Å². The molecule has 1 aliphatic heterocycles. The van der Waals surface area contributed by atoms with E-state index in [-0.39, 0.29) is 5.56 Å². The van der Waals surface area contributed by atoms with Gasteiger partial charge in [-0.15, -0.1) is 0 Å². The van der Waals surface area contributed by atoms with E-state index in [0.717, 1.165) is 54.9 Å². The molecule has 1 saturated heterocycles. The third-order valence-corrected chi connectivity index (χ3v) is 6.32. The summed E-state index contributed by atoms with van der Waals surface area (Å²) in [5.74, 6) is 1.32. The summed E-state index contributed by atoms with van der Waals surface area (Å²) >= 11 is 1.58. The van der Waals surface area contributed by atoms with Crippen molar-refractivity contribution in [2.45, 2.75) is 25.9 Å². The molecule has 1 aromatic heterocycles. The second-order valence-electron chi connectivity index (χ2n) is 7.02. The highest BCUT2D eigenvalue weighted by Crippen LogP contribution is 2.25. The lowest BCUT2D eigenvalue weighted by molar-refractivity contribution is 0.168. The highest BCUT2D eigenvalue weighted by molar-refractivity contribution is 7.13. The Balaban J connectivity index is 1.39. The number of fused-ring (bicyclic) bond motifs is 1. The number of rotatable bonds is 5. The largest absolute Gasteiger partial charge is 0.497 e. The first-order chi connectivity index (χ1) is 12.7. The molecule has 0 N–H and O–H groups in total. The molecule has 2 heterocycles. The van der Waals surface area contributed by atoms with Gasteiger partial charge in [0.2, 0.25) is 0 Å². The van der Waals surface area contributed by atoms with Crippen LogP contribution in [0.2, 0.25) is 0 Å². The quantitative estimate of drug-likeness (QED) is 0.683. The van der Waals surface area contributed by atoms with Crippen LogP contribution in [0, 0.1) is 5.92 Å². The summed E-state index contributed by atoms with van der Waals surface area (Å²) in [7, 11) is 1.63. The Bertz CT molecular complexity index is 924. The second-order valence-corrected chi connectivity index (χ2v) is 8.09. The van der Waals surface area contributed by atoms with Gasteiger partial charge in [0.05, 0.1) is 17.2 Å². The van der Waals surface area contributed by atoms with Crippen molar-refractivity contribution in [1.82, 2.24) is 8.86 Å². The molecule has 1 aliphatic rings. The number of hydrogen-bond donors (Lipinski definition) is 0. The molecule has 26 heavy (non-hydrogen) atoms. The van der Waals surface area contributed by atoms with Crippen LogP contribution in [0.1, 0.15) is 18.4 Å².